The number of ketones is 1. The van der Waals surface area contributed by atoms with E-state index in [1.54, 1.807) is 12.1 Å². The molecule has 1 aromatic carbocycles. The third kappa shape index (κ3) is 5.39. The van der Waals surface area contributed by atoms with Crippen LogP contribution in [0.25, 0.3) is 0 Å². The number of carboxylic acids is 1. The Balaban J connectivity index is 2.72. The summed E-state index contributed by atoms with van der Waals surface area (Å²) in [6.07, 6.45) is 6.22. The number of carboxylic acid groups (broad SMARTS) is 1. The number of hydrogen-bond acceptors (Lipinski definition) is 2. The van der Waals surface area contributed by atoms with Gasteiger partial charge in [-0.25, -0.2) is 4.79 Å². The first-order valence-electron chi connectivity index (χ1n) is 7.07. The van der Waals surface area contributed by atoms with Crippen LogP contribution in [0.15, 0.2) is 36.4 Å². The highest BCUT2D eigenvalue weighted by Crippen LogP contribution is 2.16. The van der Waals surface area contributed by atoms with Gasteiger partial charge in [0.15, 0.2) is 5.78 Å². The van der Waals surface area contributed by atoms with Crippen molar-refractivity contribution in [2.45, 2.75) is 39.5 Å². The second kappa shape index (κ2) is 8.31. The Morgan fingerprint density at radius 3 is 2.60 bits per heavy atom. The van der Waals surface area contributed by atoms with E-state index in [0.717, 1.165) is 37.0 Å². The summed E-state index contributed by atoms with van der Waals surface area (Å²) in [5.74, 6) is -0.649. The number of carbonyl (C=O) groups excluding carboxylic acids is 1. The van der Waals surface area contributed by atoms with Crippen LogP contribution >= 0.6 is 0 Å². The number of rotatable bonds is 8. The molecule has 0 aliphatic carbocycles. The maximum Gasteiger partial charge on any atom is 0.328 e. The largest absolute Gasteiger partial charge is 0.478 e. The minimum Gasteiger partial charge on any atom is -0.478 e. The molecular weight excluding hydrogens is 252 g/mol. The molecule has 0 aliphatic rings. The zero-order valence-corrected chi connectivity index (χ0v) is 12.1. The topological polar surface area (TPSA) is 54.4 Å². The molecule has 0 amide bonds. The average Bonchev–Trinajstić information content (AvgIpc) is 2.45. The van der Waals surface area contributed by atoms with E-state index in [2.05, 4.69) is 13.8 Å². The highest BCUT2D eigenvalue weighted by molar-refractivity contribution is 6.07. The summed E-state index contributed by atoms with van der Waals surface area (Å²) in [6.45, 7) is 4.41. The Kier molecular flexibility index (Phi) is 6.71. The number of aliphatic carboxylic acids is 1. The lowest BCUT2D eigenvalue weighted by molar-refractivity contribution is -0.131. The van der Waals surface area contributed by atoms with Crippen molar-refractivity contribution in [2.24, 2.45) is 5.92 Å². The fourth-order valence-electron chi connectivity index (χ4n) is 2.06. The van der Waals surface area contributed by atoms with Gasteiger partial charge in [0.25, 0.3) is 0 Å². The standard InChI is InChI=1S/C17H22O3/c1-3-13(2)7-6-9-14-8-4-5-10-15(14)16(18)11-12-17(19)20/h4-5,8,10-13H,3,6-7,9H2,1-2H3,(H,19,20)/t13-/m0/s1. The van der Waals surface area contributed by atoms with E-state index >= 15 is 0 Å². The van der Waals surface area contributed by atoms with E-state index in [1.165, 1.54) is 6.42 Å². The summed E-state index contributed by atoms with van der Waals surface area (Å²) in [7, 11) is 0. The summed E-state index contributed by atoms with van der Waals surface area (Å²) in [4.78, 5) is 22.4. The van der Waals surface area contributed by atoms with Gasteiger partial charge in [-0.2, -0.15) is 0 Å². The summed E-state index contributed by atoms with van der Waals surface area (Å²) >= 11 is 0. The minimum atomic E-state index is -1.10. The molecule has 108 valence electrons. The molecule has 0 aliphatic heterocycles. The normalized spacial score (nSPS) is 12.5. The van der Waals surface area contributed by atoms with Gasteiger partial charge in [-0.05, 0) is 30.4 Å². The van der Waals surface area contributed by atoms with Gasteiger partial charge in [0.2, 0.25) is 0 Å². The summed E-state index contributed by atoms with van der Waals surface area (Å²) < 4.78 is 0. The third-order valence-electron chi connectivity index (χ3n) is 3.50. The monoisotopic (exact) mass is 274 g/mol. The summed E-state index contributed by atoms with van der Waals surface area (Å²) in [5, 5.41) is 8.57. The van der Waals surface area contributed by atoms with Crippen molar-refractivity contribution >= 4 is 11.8 Å². The molecule has 1 aromatic rings. The van der Waals surface area contributed by atoms with Crippen LogP contribution in [-0.2, 0) is 11.2 Å². The van der Waals surface area contributed by atoms with Crippen LogP contribution in [0.3, 0.4) is 0 Å². The van der Waals surface area contributed by atoms with Gasteiger partial charge in [0, 0.05) is 11.6 Å². The van der Waals surface area contributed by atoms with Crippen molar-refractivity contribution < 1.29 is 14.7 Å². The third-order valence-corrected chi connectivity index (χ3v) is 3.50. The van der Waals surface area contributed by atoms with Crippen LogP contribution in [0.4, 0.5) is 0 Å². The van der Waals surface area contributed by atoms with Crippen molar-refractivity contribution in [1.29, 1.82) is 0 Å². The molecule has 0 heterocycles. The predicted octanol–water partition coefficient (Wildman–Crippen LogP) is 3.88. The van der Waals surface area contributed by atoms with Crippen molar-refractivity contribution in [3.05, 3.63) is 47.5 Å². The molecule has 0 saturated heterocycles. The van der Waals surface area contributed by atoms with Gasteiger partial charge < -0.3 is 5.11 Å². The molecule has 0 saturated carbocycles. The predicted molar refractivity (Wildman–Crippen MR) is 79.9 cm³/mol. The molecule has 3 heteroatoms. The Labute approximate surface area is 120 Å². The maximum atomic E-state index is 12.0. The zero-order valence-electron chi connectivity index (χ0n) is 12.1. The van der Waals surface area contributed by atoms with Gasteiger partial charge in [0.05, 0.1) is 0 Å². The Bertz CT molecular complexity index is 489. The van der Waals surface area contributed by atoms with Crippen molar-refractivity contribution in [1.82, 2.24) is 0 Å². The lowest BCUT2D eigenvalue weighted by atomic mass is 9.95. The number of carbonyl (C=O) groups is 2. The first-order chi connectivity index (χ1) is 9.54. The molecule has 20 heavy (non-hydrogen) atoms. The van der Waals surface area contributed by atoms with Gasteiger partial charge in [-0.15, -0.1) is 0 Å². The Morgan fingerprint density at radius 2 is 1.95 bits per heavy atom. The molecule has 3 nitrogen and oxygen atoms in total. The number of aryl methyl sites for hydroxylation is 1. The van der Waals surface area contributed by atoms with Crippen LogP contribution in [-0.4, -0.2) is 16.9 Å². The van der Waals surface area contributed by atoms with Gasteiger partial charge in [0.1, 0.15) is 0 Å². The van der Waals surface area contributed by atoms with Gasteiger partial charge in [-0.1, -0.05) is 51.0 Å². The molecule has 1 rings (SSSR count). The molecule has 0 spiro atoms. The second-order valence-electron chi connectivity index (χ2n) is 5.10. The van der Waals surface area contributed by atoms with Gasteiger partial charge in [-0.3, -0.25) is 4.79 Å². The Hall–Kier alpha value is -1.90. The summed E-state index contributed by atoms with van der Waals surface area (Å²) in [5.41, 5.74) is 1.60. The van der Waals surface area contributed by atoms with Crippen LogP contribution in [0.2, 0.25) is 0 Å². The van der Waals surface area contributed by atoms with Crippen molar-refractivity contribution in [2.75, 3.05) is 0 Å². The molecule has 0 fully saturated rings. The second-order valence-corrected chi connectivity index (χ2v) is 5.10. The molecule has 1 N–H and O–H groups in total. The molecule has 0 radical (unpaired) electrons. The van der Waals surface area contributed by atoms with E-state index in [1.807, 2.05) is 12.1 Å². The van der Waals surface area contributed by atoms with E-state index < -0.39 is 5.97 Å². The van der Waals surface area contributed by atoms with Crippen molar-refractivity contribution in [3.63, 3.8) is 0 Å². The molecule has 0 bridgehead atoms. The molecule has 0 aromatic heterocycles. The smallest absolute Gasteiger partial charge is 0.328 e. The average molecular weight is 274 g/mol. The molecule has 0 unspecified atom stereocenters. The van der Waals surface area contributed by atoms with Crippen molar-refractivity contribution in [3.8, 4) is 0 Å². The molecule has 1 atom stereocenters. The van der Waals surface area contributed by atoms with Crippen LogP contribution in [0.1, 0.15) is 49.0 Å². The SMILES string of the molecule is CC[C@H](C)CCCc1ccccc1C(=O)C=CC(=O)O. The first kappa shape index (κ1) is 16.2. The van der Waals surface area contributed by atoms with Gasteiger partial charge >= 0.3 is 5.97 Å². The highest BCUT2D eigenvalue weighted by atomic mass is 16.4. The maximum absolute atomic E-state index is 12.0. The van der Waals surface area contributed by atoms with Crippen LogP contribution in [0, 0.1) is 5.92 Å². The zero-order chi connectivity index (χ0) is 15.0. The molecular formula is C17H22O3. The quantitative estimate of drug-likeness (QED) is 0.578. The Morgan fingerprint density at radius 1 is 1.25 bits per heavy atom. The van der Waals surface area contributed by atoms with Crippen LogP contribution < -0.4 is 0 Å². The number of benzene rings is 1. The first-order valence-corrected chi connectivity index (χ1v) is 7.07. The van der Waals surface area contributed by atoms with E-state index in [9.17, 15) is 9.59 Å². The lowest BCUT2D eigenvalue weighted by Crippen LogP contribution is -2.03. The van der Waals surface area contributed by atoms with E-state index in [-0.39, 0.29) is 5.78 Å². The fraction of sp³-hybridized carbons (Fsp3) is 0.412. The minimum absolute atomic E-state index is 0.244. The fourth-order valence-corrected chi connectivity index (χ4v) is 2.06. The van der Waals surface area contributed by atoms with E-state index in [0.29, 0.717) is 11.5 Å². The lowest BCUT2D eigenvalue weighted by Gasteiger charge is -2.10. The van der Waals surface area contributed by atoms with Crippen LogP contribution in [0.5, 0.6) is 0 Å². The summed E-state index contributed by atoms with van der Waals surface area (Å²) in [6, 6.07) is 7.42. The number of allylic oxidation sites excluding steroid dienone is 1. The number of hydrogen-bond donors (Lipinski definition) is 1. The highest BCUT2D eigenvalue weighted by Gasteiger charge is 2.09. The van der Waals surface area contributed by atoms with E-state index in [4.69, 9.17) is 5.11 Å².